The molecule has 140 valence electrons. The Bertz CT molecular complexity index is 560. The normalized spacial score (nSPS) is 47.0. The molecule has 0 aromatic carbocycles. The smallest absolute Gasteiger partial charge is 0.208 e. The molecule has 9 atom stereocenters. The van der Waals surface area contributed by atoms with Gasteiger partial charge in [-0.3, -0.25) is 4.79 Å². The third kappa shape index (κ3) is 3.13. The number of hydrogen-bond donors (Lipinski definition) is 5. The molecule has 9 heteroatoms. The van der Waals surface area contributed by atoms with E-state index < -0.39 is 55.6 Å². The second-order valence-electron chi connectivity index (χ2n) is 6.53. The maximum atomic E-state index is 11.2. The summed E-state index contributed by atoms with van der Waals surface area (Å²) in [5, 5.41) is 49.0. The van der Waals surface area contributed by atoms with E-state index in [-0.39, 0.29) is 5.92 Å². The molecule has 2 fully saturated rings. The second kappa shape index (κ2) is 7.12. The van der Waals surface area contributed by atoms with Gasteiger partial charge in [-0.05, 0) is 12.0 Å². The first-order valence-electron chi connectivity index (χ1n) is 8.02. The predicted octanol–water partition coefficient (Wildman–Crippen LogP) is -2.20. The number of hydrogen-bond acceptors (Lipinski definition) is 9. The van der Waals surface area contributed by atoms with E-state index in [4.69, 9.17) is 14.2 Å². The molecule has 1 saturated carbocycles. The van der Waals surface area contributed by atoms with E-state index in [1.54, 1.807) is 0 Å². The SMILES string of the molecule is C=C1C(O)CC2C(C=O)=COC(OC3OC(CO)C(O)C(O)C3O)C12. The van der Waals surface area contributed by atoms with Crippen LogP contribution >= 0.6 is 0 Å². The van der Waals surface area contributed by atoms with Gasteiger partial charge in [-0.25, -0.2) is 0 Å². The van der Waals surface area contributed by atoms with Crippen LogP contribution in [0.15, 0.2) is 24.0 Å². The van der Waals surface area contributed by atoms with Gasteiger partial charge in [0.1, 0.15) is 30.7 Å². The fourth-order valence-corrected chi connectivity index (χ4v) is 3.59. The van der Waals surface area contributed by atoms with Crippen molar-refractivity contribution in [3.8, 4) is 0 Å². The molecular formula is C16H22O9. The predicted molar refractivity (Wildman–Crippen MR) is 80.6 cm³/mol. The van der Waals surface area contributed by atoms with Crippen molar-refractivity contribution >= 4 is 6.29 Å². The minimum absolute atomic E-state index is 0.298. The van der Waals surface area contributed by atoms with Gasteiger partial charge in [0.15, 0.2) is 6.29 Å². The van der Waals surface area contributed by atoms with Gasteiger partial charge >= 0.3 is 0 Å². The number of carbonyl (C=O) groups is 1. The Kier molecular flexibility index (Phi) is 5.26. The van der Waals surface area contributed by atoms with Crippen molar-refractivity contribution in [3.05, 3.63) is 24.0 Å². The van der Waals surface area contributed by atoms with Gasteiger partial charge in [-0.15, -0.1) is 0 Å². The van der Waals surface area contributed by atoms with Gasteiger partial charge in [0.2, 0.25) is 6.29 Å². The third-order valence-corrected chi connectivity index (χ3v) is 5.08. The number of ether oxygens (including phenoxy) is 3. The summed E-state index contributed by atoms with van der Waals surface area (Å²) in [6.07, 6.45) is -6.79. The van der Waals surface area contributed by atoms with E-state index in [1.807, 2.05) is 0 Å². The number of fused-ring (bicyclic) bond motifs is 1. The zero-order chi connectivity index (χ0) is 18.3. The number of carbonyl (C=O) groups excluding carboxylic acids is 1. The Labute approximate surface area is 143 Å². The minimum Gasteiger partial charge on any atom is -0.471 e. The van der Waals surface area contributed by atoms with Crippen LogP contribution in [0.2, 0.25) is 0 Å². The van der Waals surface area contributed by atoms with Crippen molar-refractivity contribution < 1.29 is 44.5 Å². The van der Waals surface area contributed by atoms with Crippen molar-refractivity contribution in [1.29, 1.82) is 0 Å². The molecule has 2 aliphatic heterocycles. The number of allylic oxidation sites excluding steroid dienone is 1. The van der Waals surface area contributed by atoms with Crippen LogP contribution in [0.1, 0.15) is 6.42 Å². The van der Waals surface area contributed by atoms with E-state index in [1.165, 1.54) is 6.26 Å². The molecule has 3 aliphatic rings. The highest BCUT2D eigenvalue weighted by Gasteiger charge is 2.50. The Morgan fingerprint density at radius 3 is 2.56 bits per heavy atom. The largest absolute Gasteiger partial charge is 0.471 e. The third-order valence-electron chi connectivity index (χ3n) is 5.08. The standard InChI is InChI=1S/C16H22O9/c1-6-9(19)2-8-7(3-17)5-23-15(11(6)8)25-16-14(22)13(21)12(20)10(4-18)24-16/h3,5,8-16,18-22H,1-2,4H2. The maximum Gasteiger partial charge on any atom is 0.208 e. The van der Waals surface area contributed by atoms with Crippen LogP contribution in [-0.2, 0) is 19.0 Å². The van der Waals surface area contributed by atoms with Crippen LogP contribution in [0, 0.1) is 11.8 Å². The fourth-order valence-electron chi connectivity index (χ4n) is 3.59. The van der Waals surface area contributed by atoms with E-state index in [0.717, 1.165) is 0 Å². The molecule has 0 aromatic rings. The van der Waals surface area contributed by atoms with E-state index in [9.17, 15) is 30.3 Å². The number of aliphatic hydroxyl groups is 5. The Hall–Kier alpha value is -1.33. The van der Waals surface area contributed by atoms with Crippen molar-refractivity contribution in [2.75, 3.05) is 6.61 Å². The first-order valence-corrected chi connectivity index (χ1v) is 8.02. The van der Waals surface area contributed by atoms with Gasteiger partial charge in [-0.2, -0.15) is 0 Å². The highest BCUT2D eigenvalue weighted by molar-refractivity contribution is 5.74. The van der Waals surface area contributed by atoms with Crippen LogP contribution in [0.5, 0.6) is 0 Å². The Morgan fingerprint density at radius 1 is 1.20 bits per heavy atom. The molecule has 9 unspecified atom stereocenters. The summed E-state index contributed by atoms with van der Waals surface area (Å²) in [6, 6.07) is 0. The first-order chi connectivity index (χ1) is 11.9. The van der Waals surface area contributed by atoms with Crippen LogP contribution in [0.4, 0.5) is 0 Å². The lowest BCUT2D eigenvalue weighted by Gasteiger charge is -2.42. The van der Waals surface area contributed by atoms with Crippen LogP contribution in [0.3, 0.4) is 0 Å². The summed E-state index contributed by atoms with van der Waals surface area (Å²) in [6.45, 7) is 3.24. The second-order valence-corrected chi connectivity index (χ2v) is 6.53. The average Bonchev–Trinajstić information content (AvgIpc) is 2.91. The van der Waals surface area contributed by atoms with Gasteiger partial charge < -0.3 is 39.7 Å². The van der Waals surface area contributed by atoms with E-state index in [2.05, 4.69) is 6.58 Å². The fraction of sp³-hybridized carbons (Fsp3) is 0.688. The molecule has 0 spiro atoms. The molecule has 0 radical (unpaired) electrons. The average molecular weight is 358 g/mol. The molecule has 3 rings (SSSR count). The molecule has 0 aromatic heterocycles. The molecule has 2 heterocycles. The van der Waals surface area contributed by atoms with Gasteiger partial charge in [0.05, 0.1) is 24.9 Å². The molecule has 1 saturated heterocycles. The zero-order valence-corrected chi connectivity index (χ0v) is 13.3. The molecule has 1 aliphatic carbocycles. The number of rotatable bonds is 4. The Morgan fingerprint density at radius 2 is 1.92 bits per heavy atom. The van der Waals surface area contributed by atoms with Gasteiger partial charge in [-0.1, -0.05) is 6.58 Å². The van der Waals surface area contributed by atoms with E-state index >= 15 is 0 Å². The maximum absolute atomic E-state index is 11.2. The van der Waals surface area contributed by atoms with Crippen LogP contribution in [-0.4, -0.2) is 81.5 Å². The topological polar surface area (TPSA) is 146 Å². The van der Waals surface area contributed by atoms with E-state index in [0.29, 0.717) is 23.9 Å². The van der Waals surface area contributed by atoms with Gasteiger partial charge in [0.25, 0.3) is 0 Å². The number of aldehydes is 1. The summed E-state index contributed by atoms with van der Waals surface area (Å²) >= 11 is 0. The summed E-state index contributed by atoms with van der Waals surface area (Å²) in [4.78, 5) is 11.2. The molecule has 0 bridgehead atoms. The highest BCUT2D eigenvalue weighted by Crippen LogP contribution is 2.46. The van der Waals surface area contributed by atoms with Crippen molar-refractivity contribution in [1.82, 2.24) is 0 Å². The van der Waals surface area contributed by atoms with Crippen molar-refractivity contribution in [3.63, 3.8) is 0 Å². The van der Waals surface area contributed by atoms with Crippen molar-refractivity contribution in [2.45, 2.75) is 49.5 Å². The molecule has 25 heavy (non-hydrogen) atoms. The first kappa shape index (κ1) is 18.5. The number of aliphatic hydroxyl groups excluding tert-OH is 5. The summed E-state index contributed by atoms with van der Waals surface area (Å²) < 4.78 is 16.3. The summed E-state index contributed by atoms with van der Waals surface area (Å²) in [5.74, 6) is -0.879. The summed E-state index contributed by atoms with van der Waals surface area (Å²) in [7, 11) is 0. The lowest BCUT2D eigenvalue weighted by molar-refractivity contribution is -0.339. The van der Waals surface area contributed by atoms with Gasteiger partial charge in [0, 0.05) is 11.5 Å². The van der Waals surface area contributed by atoms with Crippen molar-refractivity contribution in [2.24, 2.45) is 11.8 Å². The molecule has 9 nitrogen and oxygen atoms in total. The zero-order valence-electron chi connectivity index (χ0n) is 13.3. The molecular weight excluding hydrogens is 336 g/mol. The quantitative estimate of drug-likeness (QED) is 0.279. The molecule has 5 N–H and O–H groups in total. The minimum atomic E-state index is -1.58. The monoisotopic (exact) mass is 358 g/mol. The van der Waals surface area contributed by atoms with Crippen LogP contribution < -0.4 is 0 Å². The van der Waals surface area contributed by atoms with Crippen LogP contribution in [0.25, 0.3) is 0 Å². The Balaban J connectivity index is 1.79. The molecule has 0 amide bonds. The lowest BCUT2D eigenvalue weighted by atomic mass is 9.86. The lowest BCUT2D eigenvalue weighted by Crippen LogP contribution is -2.60. The summed E-state index contributed by atoms with van der Waals surface area (Å²) in [5.41, 5.74) is 0.809. The highest BCUT2D eigenvalue weighted by atomic mass is 16.8.